The van der Waals surface area contributed by atoms with E-state index in [9.17, 15) is 14.7 Å². The molecule has 1 fully saturated rings. The van der Waals surface area contributed by atoms with Crippen LogP contribution in [0.3, 0.4) is 0 Å². The van der Waals surface area contributed by atoms with Crippen LogP contribution in [-0.4, -0.2) is 42.0 Å². The van der Waals surface area contributed by atoms with E-state index in [-0.39, 0.29) is 28.9 Å². The average Bonchev–Trinajstić information content (AvgIpc) is 3.31. The van der Waals surface area contributed by atoms with E-state index in [4.69, 9.17) is 4.52 Å². The van der Waals surface area contributed by atoms with Gasteiger partial charge in [-0.2, -0.15) is 4.98 Å². The Morgan fingerprint density at radius 2 is 2.22 bits per heavy atom. The van der Waals surface area contributed by atoms with Crippen molar-refractivity contribution in [2.75, 3.05) is 6.54 Å². The molecule has 9 heteroatoms. The van der Waals surface area contributed by atoms with Crippen LogP contribution in [0.2, 0.25) is 0 Å². The molecular formula is C18H19N5O4. The number of hydrogen-bond donors (Lipinski definition) is 1. The van der Waals surface area contributed by atoms with E-state index in [0.29, 0.717) is 24.7 Å². The zero-order valence-corrected chi connectivity index (χ0v) is 15.0. The van der Waals surface area contributed by atoms with Crippen molar-refractivity contribution in [1.29, 1.82) is 0 Å². The van der Waals surface area contributed by atoms with Gasteiger partial charge in [-0.1, -0.05) is 19.0 Å². The third kappa shape index (κ3) is 2.84. The smallest absolute Gasteiger partial charge is 0.270 e. The fourth-order valence-electron chi connectivity index (χ4n) is 3.28. The first-order valence-electron chi connectivity index (χ1n) is 8.81. The lowest BCUT2D eigenvalue weighted by Gasteiger charge is -2.21. The fourth-order valence-corrected chi connectivity index (χ4v) is 3.28. The van der Waals surface area contributed by atoms with Crippen LogP contribution in [0.15, 0.2) is 33.8 Å². The van der Waals surface area contributed by atoms with E-state index in [2.05, 4.69) is 15.1 Å². The number of fused-ring (bicyclic) bond motifs is 1. The van der Waals surface area contributed by atoms with E-state index in [1.54, 1.807) is 4.90 Å². The normalized spacial score (nSPS) is 17.1. The number of aromatic hydroxyl groups is 1. The second-order valence-electron chi connectivity index (χ2n) is 6.87. The van der Waals surface area contributed by atoms with E-state index < -0.39 is 11.5 Å². The van der Waals surface area contributed by atoms with Crippen molar-refractivity contribution < 1.29 is 14.4 Å². The van der Waals surface area contributed by atoms with Crippen LogP contribution in [0, 0.1) is 0 Å². The molecule has 3 aromatic rings. The molecule has 0 aliphatic carbocycles. The third-order valence-electron chi connectivity index (χ3n) is 4.71. The number of likely N-dealkylation sites (tertiary alicyclic amines) is 1. The lowest BCUT2D eigenvalue weighted by atomic mass is 10.2. The van der Waals surface area contributed by atoms with Crippen molar-refractivity contribution in [3.05, 3.63) is 52.2 Å². The fraction of sp³-hybridized carbons (Fsp3) is 0.389. The van der Waals surface area contributed by atoms with E-state index >= 15 is 0 Å². The van der Waals surface area contributed by atoms with Crippen molar-refractivity contribution in [3.63, 3.8) is 0 Å². The van der Waals surface area contributed by atoms with Gasteiger partial charge in [-0.25, -0.2) is 4.98 Å². The first-order chi connectivity index (χ1) is 13.0. The maximum absolute atomic E-state index is 13.0. The highest BCUT2D eigenvalue weighted by atomic mass is 16.5. The summed E-state index contributed by atoms with van der Waals surface area (Å²) < 4.78 is 6.52. The molecule has 140 valence electrons. The molecule has 1 N–H and O–H groups in total. The van der Waals surface area contributed by atoms with E-state index in [1.165, 1.54) is 24.5 Å². The molecule has 4 rings (SSSR count). The summed E-state index contributed by atoms with van der Waals surface area (Å²) in [7, 11) is 0. The van der Waals surface area contributed by atoms with Gasteiger partial charge in [0.2, 0.25) is 5.89 Å². The highest BCUT2D eigenvalue weighted by molar-refractivity contribution is 5.94. The Balaban J connectivity index is 1.70. The number of carbonyl (C=O) groups is 1. The van der Waals surface area contributed by atoms with Gasteiger partial charge in [-0.15, -0.1) is 0 Å². The number of rotatable bonds is 3. The Morgan fingerprint density at radius 3 is 2.96 bits per heavy atom. The molecule has 0 saturated carbocycles. The van der Waals surface area contributed by atoms with Gasteiger partial charge in [0.25, 0.3) is 11.5 Å². The predicted molar refractivity (Wildman–Crippen MR) is 94.5 cm³/mol. The molecular weight excluding hydrogens is 350 g/mol. The topological polar surface area (TPSA) is 114 Å². The zero-order chi connectivity index (χ0) is 19.1. The minimum absolute atomic E-state index is 0.0615. The monoisotopic (exact) mass is 369 g/mol. The van der Waals surface area contributed by atoms with Gasteiger partial charge < -0.3 is 14.5 Å². The van der Waals surface area contributed by atoms with Crippen LogP contribution in [0.25, 0.3) is 5.65 Å². The van der Waals surface area contributed by atoms with Crippen molar-refractivity contribution >= 4 is 11.6 Å². The largest absolute Gasteiger partial charge is 0.504 e. The summed E-state index contributed by atoms with van der Waals surface area (Å²) in [6.07, 6.45) is 4.14. The minimum atomic E-state index is -0.528. The molecule has 1 amide bonds. The molecule has 4 heterocycles. The molecule has 0 aromatic carbocycles. The Labute approximate surface area is 154 Å². The maximum atomic E-state index is 13.0. The van der Waals surface area contributed by atoms with Gasteiger partial charge >= 0.3 is 0 Å². The quantitative estimate of drug-likeness (QED) is 0.750. The van der Waals surface area contributed by atoms with Crippen molar-refractivity contribution in [1.82, 2.24) is 24.4 Å². The van der Waals surface area contributed by atoms with Crippen LogP contribution in [0.5, 0.6) is 5.75 Å². The van der Waals surface area contributed by atoms with Gasteiger partial charge in [-0.3, -0.25) is 14.0 Å². The maximum Gasteiger partial charge on any atom is 0.270 e. The van der Waals surface area contributed by atoms with E-state index in [1.807, 2.05) is 13.8 Å². The molecule has 1 aliphatic rings. The Hall–Kier alpha value is -3.23. The van der Waals surface area contributed by atoms with Gasteiger partial charge in [-0.05, 0) is 25.0 Å². The SMILES string of the molecule is CC(C)c1noc([C@@H]2CCCN2C(=O)c2cnc3c(O)cccn3c2=O)n1. The van der Waals surface area contributed by atoms with Crippen LogP contribution >= 0.6 is 0 Å². The second-order valence-corrected chi connectivity index (χ2v) is 6.87. The Kier molecular flexibility index (Phi) is 4.14. The summed E-state index contributed by atoms with van der Waals surface area (Å²) in [6, 6.07) is 2.59. The summed E-state index contributed by atoms with van der Waals surface area (Å²) in [6.45, 7) is 4.41. The van der Waals surface area contributed by atoms with Gasteiger partial charge in [0.1, 0.15) is 11.6 Å². The van der Waals surface area contributed by atoms with Gasteiger partial charge in [0.15, 0.2) is 17.2 Å². The molecule has 1 atom stereocenters. The number of carbonyl (C=O) groups excluding carboxylic acids is 1. The zero-order valence-electron chi connectivity index (χ0n) is 15.0. The van der Waals surface area contributed by atoms with Gasteiger partial charge in [0.05, 0.1) is 0 Å². The number of hydrogen-bond acceptors (Lipinski definition) is 7. The molecule has 9 nitrogen and oxygen atoms in total. The molecule has 0 spiro atoms. The van der Waals surface area contributed by atoms with Crippen molar-refractivity contribution in [3.8, 4) is 5.75 Å². The second kappa shape index (κ2) is 6.49. The number of pyridine rings is 1. The van der Waals surface area contributed by atoms with Crippen molar-refractivity contribution in [2.45, 2.75) is 38.6 Å². The molecule has 3 aromatic heterocycles. The third-order valence-corrected chi connectivity index (χ3v) is 4.71. The highest BCUT2D eigenvalue weighted by Gasteiger charge is 2.36. The predicted octanol–water partition coefficient (Wildman–Crippen LogP) is 1.88. The lowest BCUT2D eigenvalue weighted by Crippen LogP contribution is -2.35. The molecule has 1 aliphatic heterocycles. The number of aromatic nitrogens is 4. The lowest BCUT2D eigenvalue weighted by molar-refractivity contribution is 0.0707. The Morgan fingerprint density at radius 1 is 1.41 bits per heavy atom. The average molecular weight is 369 g/mol. The molecule has 0 radical (unpaired) electrons. The minimum Gasteiger partial charge on any atom is -0.504 e. The van der Waals surface area contributed by atoms with Crippen LogP contribution < -0.4 is 5.56 Å². The number of nitrogens with zero attached hydrogens (tertiary/aromatic N) is 5. The number of amides is 1. The first kappa shape index (κ1) is 17.2. The molecule has 1 saturated heterocycles. The Bertz CT molecular complexity index is 1070. The van der Waals surface area contributed by atoms with E-state index in [0.717, 1.165) is 10.8 Å². The first-order valence-corrected chi connectivity index (χ1v) is 8.81. The summed E-state index contributed by atoms with van der Waals surface area (Å²) in [5.41, 5.74) is -0.482. The summed E-state index contributed by atoms with van der Waals surface area (Å²) >= 11 is 0. The summed E-state index contributed by atoms with van der Waals surface area (Å²) in [5.74, 6) is 0.537. The molecule has 0 bridgehead atoms. The van der Waals surface area contributed by atoms with Gasteiger partial charge in [0, 0.05) is 24.9 Å². The highest BCUT2D eigenvalue weighted by Crippen LogP contribution is 2.32. The molecule has 27 heavy (non-hydrogen) atoms. The van der Waals surface area contributed by atoms with Crippen LogP contribution in [0.1, 0.15) is 60.7 Å². The summed E-state index contributed by atoms with van der Waals surface area (Å²) in [4.78, 5) is 35.8. The van der Waals surface area contributed by atoms with Crippen LogP contribution in [0.4, 0.5) is 0 Å². The molecule has 0 unspecified atom stereocenters. The van der Waals surface area contributed by atoms with Crippen LogP contribution in [-0.2, 0) is 0 Å². The van der Waals surface area contributed by atoms with Crippen molar-refractivity contribution in [2.24, 2.45) is 0 Å². The standard InChI is InChI=1S/C18H19N5O4/c1-10(2)14-20-16(27-21-14)12-5-3-7-22(12)17(25)11-9-19-15-13(24)6-4-8-23(15)18(11)26/h4,6,8-10,12,24H,3,5,7H2,1-2H3/t12-/m0/s1. The summed E-state index contributed by atoms with van der Waals surface area (Å²) in [5, 5.41) is 13.8.